The van der Waals surface area contributed by atoms with Crippen molar-refractivity contribution in [1.29, 1.82) is 0 Å². The maximum atomic E-state index is 11.5. The Kier molecular flexibility index (Phi) is 6.57. The normalized spacial score (nSPS) is 11.8. The van der Waals surface area contributed by atoms with Gasteiger partial charge in [0.05, 0.1) is 17.7 Å². The number of rotatable bonds is 3. The molecule has 8 heteroatoms. The van der Waals surface area contributed by atoms with E-state index in [1.165, 1.54) is 18.2 Å². The number of aromatic nitrogens is 1. The fourth-order valence-electron chi connectivity index (χ4n) is 3.02. The van der Waals surface area contributed by atoms with Crippen molar-refractivity contribution in [3.05, 3.63) is 72.3 Å². The van der Waals surface area contributed by atoms with Gasteiger partial charge in [-0.2, -0.15) is 8.42 Å². The summed E-state index contributed by atoms with van der Waals surface area (Å²) in [6.07, 6.45) is 0. The van der Waals surface area contributed by atoms with E-state index in [-0.39, 0.29) is 22.0 Å². The molecule has 0 saturated carbocycles. The van der Waals surface area contributed by atoms with Crippen LogP contribution in [0.25, 0.3) is 21.8 Å². The third-order valence-corrected chi connectivity index (χ3v) is 5.42. The van der Waals surface area contributed by atoms with Gasteiger partial charge in [-0.1, -0.05) is 51.1 Å². The van der Waals surface area contributed by atoms with E-state index in [0.717, 1.165) is 16.3 Å². The lowest BCUT2D eigenvalue weighted by Crippen LogP contribution is -2.18. The highest BCUT2D eigenvalue weighted by Crippen LogP contribution is 2.29. The summed E-state index contributed by atoms with van der Waals surface area (Å²) >= 11 is 0. The maximum Gasteiger partial charge on any atom is 0.338 e. The molecule has 0 atom stereocenters. The van der Waals surface area contributed by atoms with Gasteiger partial charge in [0.15, 0.2) is 0 Å². The Labute approximate surface area is 186 Å². The first-order valence-corrected chi connectivity index (χ1v) is 11.3. The number of aromatic hydroxyl groups is 1. The Bertz CT molecular complexity index is 1350. The van der Waals surface area contributed by atoms with E-state index in [0.29, 0.717) is 17.7 Å². The minimum atomic E-state index is -4.21. The van der Waals surface area contributed by atoms with Gasteiger partial charge in [0.1, 0.15) is 10.6 Å². The fourth-order valence-corrected chi connectivity index (χ4v) is 3.69. The molecule has 168 valence electrons. The number of benzene rings is 3. The quantitative estimate of drug-likeness (QED) is 0.290. The first-order chi connectivity index (χ1) is 15.0. The van der Waals surface area contributed by atoms with Crippen LogP contribution < -0.4 is 0 Å². The molecule has 0 fully saturated rings. The Hall–Kier alpha value is -3.36. The Morgan fingerprint density at radius 3 is 2.19 bits per heavy atom. The van der Waals surface area contributed by atoms with E-state index in [1.54, 1.807) is 18.2 Å². The Morgan fingerprint density at radius 2 is 1.56 bits per heavy atom. The van der Waals surface area contributed by atoms with Crippen LogP contribution in [0.15, 0.2) is 71.6 Å². The number of para-hydroxylation sites is 2. The predicted octanol–water partition coefficient (Wildman–Crippen LogP) is 5.16. The van der Waals surface area contributed by atoms with E-state index in [1.807, 2.05) is 51.1 Å². The molecule has 4 aromatic rings. The second-order valence-electron chi connectivity index (χ2n) is 8.51. The van der Waals surface area contributed by atoms with Crippen LogP contribution in [0.3, 0.4) is 0 Å². The van der Waals surface area contributed by atoms with Crippen molar-refractivity contribution in [2.24, 2.45) is 5.41 Å². The lowest BCUT2D eigenvalue weighted by atomic mass is 9.99. The SMILES string of the molecule is CC(C)(C)COC(=O)c1ccc(O)cc1.O=S(=O)(O)c1cccc2c1[nH]c1ccccc12. The van der Waals surface area contributed by atoms with Crippen LogP contribution >= 0.6 is 0 Å². The zero-order chi connectivity index (χ0) is 23.5. The van der Waals surface area contributed by atoms with Crippen LogP contribution in [-0.2, 0) is 14.9 Å². The second kappa shape index (κ2) is 9.02. The van der Waals surface area contributed by atoms with Crippen molar-refractivity contribution in [3.63, 3.8) is 0 Å². The first kappa shape index (κ1) is 23.3. The molecule has 1 heterocycles. The van der Waals surface area contributed by atoms with Crippen molar-refractivity contribution >= 4 is 37.9 Å². The third kappa shape index (κ3) is 5.66. The molecular weight excluding hydrogens is 430 g/mol. The maximum absolute atomic E-state index is 11.5. The summed E-state index contributed by atoms with van der Waals surface area (Å²) < 4.78 is 36.8. The van der Waals surface area contributed by atoms with Crippen LogP contribution in [-0.4, -0.2) is 35.6 Å². The molecule has 1 aromatic heterocycles. The third-order valence-electron chi connectivity index (χ3n) is 4.52. The van der Waals surface area contributed by atoms with Crippen molar-refractivity contribution in [2.45, 2.75) is 25.7 Å². The van der Waals surface area contributed by atoms with E-state index in [9.17, 15) is 13.2 Å². The zero-order valence-corrected chi connectivity index (χ0v) is 18.8. The minimum Gasteiger partial charge on any atom is -0.508 e. The summed E-state index contributed by atoms with van der Waals surface area (Å²) in [5.74, 6) is -0.215. The van der Waals surface area contributed by atoms with Gasteiger partial charge in [0, 0.05) is 16.3 Å². The van der Waals surface area contributed by atoms with Gasteiger partial charge in [0.2, 0.25) is 0 Å². The smallest absolute Gasteiger partial charge is 0.338 e. The number of fused-ring (bicyclic) bond motifs is 3. The molecule has 3 aromatic carbocycles. The van der Waals surface area contributed by atoms with Crippen LogP contribution in [0.1, 0.15) is 31.1 Å². The number of esters is 1. The first-order valence-electron chi connectivity index (χ1n) is 9.89. The number of carbonyl (C=O) groups excluding carboxylic acids is 1. The number of aromatic amines is 1. The number of phenols is 1. The van der Waals surface area contributed by atoms with Gasteiger partial charge >= 0.3 is 5.97 Å². The van der Waals surface area contributed by atoms with Gasteiger partial charge in [-0.25, -0.2) is 4.79 Å². The molecule has 3 N–H and O–H groups in total. The molecule has 32 heavy (non-hydrogen) atoms. The molecule has 0 aliphatic heterocycles. The Balaban J connectivity index is 0.000000183. The van der Waals surface area contributed by atoms with Gasteiger partial charge in [-0.15, -0.1) is 0 Å². The molecule has 0 spiro atoms. The number of hydrogen-bond acceptors (Lipinski definition) is 5. The van der Waals surface area contributed by atoms with Crippen LogP contribution in [0, 0.1) is 5.41 Å². The molecule has 0 radical (unpaired) electrons. The monoisotopic (exact) mass is 455 g/mol. The van der Waals surface area contributed by atoms with E-state index < -0.39 is 10.1 Å². The van der Waals surface area contributed by atoms with Crippen LogP contribution in [0.4, 0.5) is 0 Å². The molecule has 0 unspecified atom stereocenters. The highest BCUT2D eigenvalue weighted by molar-refractivity contribution is 7.86. The molecule has 0 bridgehead atoms. The fraction of sp³-hybridized carbons (Fsp3) is 0.208. The van der Waals surface area contributed by atoms with Crippen molar-refractivity contribution in [1.82, 2.24) is 4.98 Å². The number of phenolic OH excluding ortho intramolecular Hbond substituents is 1. The molecule has 0 aliphatic carbocycles. The Morgan fingerprint density at radius 1 is 0.938 bits per heavy atom. The molecule has 0 saturated heterocycles. The zero-order valence-electron chi connectivity index (χ0n) is 18.0. The van der Waals surface area contributed by atoms with Crippen LogP contribution in [0.2, 0.25) is 0 Å². The lowest BCUT2D eigenvalue weighted by Gasteiger charge is -2.17. The molecule has 0 amide bonds. The van der Waals surface area contributed by atoms with Crippen LogP contribution in [0.5, 0.6) is 5.75 Å². The van der Waals surface area contributed by atoms with Gasteiger partial charge in [-0.3, -0.25) is 4.55 Å². The number of carbonyl (C=O) groups is 1. The summed E-state index contributed by atoms with van der Waals surface area (Å²) in [4.78, 5) is 14.4. The summed E-state index contributed by atoms with van der Waals surface area (Å²) in [5, 5.41) is 10.8. The predicted molar refractivity (Wildman–Crippen MR) is 123 cm³/mol. The largest absolute Gasteiger partial charge is 0.508 e. The molecule has 4 rings (SSSR count). The standard InChI is InChI=1S/C12H9NO3S.C12H16O3/c14-17(15,16)11-7-3-5-9-8-4-1-2-6-10(8)13-12(9)11;1-12(2,3)8-15-11(14)9-4-6-10(13)7-5-9/h1-7,13H,(H,14,15,16);4-7,13H,8H2,1-3H3. The molecule has 7 nitrogen and oxygen atoms in total. The van der Waals surface area contributed by atoms with Gasteiger partial charge < -0.3 is 14.8 Å². The summed E-state index contributed by atoms with van der Waals surface area (Å²) in [5.41, 5.74) is 1.71. The number of H-pyrrole nitrogens is 1. The van der Waals surface area contributed by atoms with E-state index in [2.05, 4.69) is 4.98 Å². The van der Waals surface area contributed by atoms with E-state index >= 15 is 0 Å². The topological polar surface area (TPSA) is 117 Å². The minimum absolute atomic E-state index is 0.0351. The van der Waals surface area contributed by atoms with Crippen molar-refractivity contribution < 1.29 is 27.6 Å². The average Bonchev–Trinajstić information content (AvgIpc) is 3.10. The van der Waals surface area contributed by atoms with Crippen molar-refractivity contribution in [3.8, 4) is 5.75 Å². The van der Waals surface area contributed by atoms with Gasteiger partial charge in [-0.05, 0) is 41.8 Å². The highest BCUT2D eigenvalue weighted by atomic mass is 32.2. The molecule has 0 aliphatic rings. The number of ether oxygens (including phenoxy) is 1. The average molecular weight is 456 g/mol. The number of nitrogens with one attached hydrogen (secondary N) is 1. The highest BCUT2D eigenvalue weighted by Gasteiger charge is 2.16. The lowest BCUT2D eigenvalue weighted by molar-refractivity contribution is 0.0367. The summed E-state index contributed by atoms with van der Waals surface area (Å²) in [7, 11) is -4.21. The summed E-state index contributed by atoms with van der Waals surface area (Å²) in [6.45, 7) is 6.37. The molecular formula is C24H25NO6S. The van der Waals surface area contributed by atoms with Crippen molar-refractivity contribution in [2.75, 3.05) is 6.61 Å². The van der Waals surface area contributed by atoms with Gasteiger partial charge in [0.25, 0.3) is 10.1 Å². The van der Waals surface area contributed by atoms with E-state index in [4.69, 9.17) is 14.4 Å². The number of hydrogen-bond donors (Lipinski definition) is 3. The summed E-state index contributed by atoms with van der Waals surface area (Å²) in [6, 6.07) is 18.4. The second-order valence-corrected chi connectivity index (χ2v) is 9.90.